The summed E-state index contributed by atoms with van der Waals surface area (Å²) in [5.41, 5.74) is 7.93. The average molecular weight is 675 g/mol. The molecule has 0 aliphatic carbocycles. The van der Waals surface area contributed by atoms with Crippen molar-refractivity contribution in [3.05, 3.63) is 162 Å². The molecule has 3 heterocycles. The Morgan fingerprint density at radius 2 is 1.00 bits per heavy atom. The SMILES string of the molecule is [C-]#[N+]c1c(C#N)cc(-n2c3ccccc3c3cc4oc5ccccc5c4cc32)cc1-c1cc(-n2c3ccccc3c3ccccc32)cc(C#N)c1C#N. The molecule has 0 bridgehead atoms. The Bertz CT molecular complexity index is 3350. The second-order valence-electron chi connectivity index (χ2n) is 12.9. The lowest BCUT2D eigenvalue weighted by atomic mass is 9.92. The van der Waals surface area contributed by atoms with E-state index in [0.29, 0.717) is 22.5 Å². The van der Waals surface area contributed by atoms with Crippen molar-refractivity contribution in [2.75, 3.05) is 0 Å². The largest absolute Gasteiger partial charge is 0.456 e. The van der Waals surface area contributed by atoms with Gasteiger partial charge in [0.2, 0.25) is 5.69 Å². The molecular formula is C46H22N6O. The molecule has 0 saturated heterocycles. The lowest BCUT2D eigenvalue weighted by molar-refractivity contribution is 0.669. The minimum absolute atomic E-state index is 0.111. The Labute approximate surface area is 302 Å². The van der Waals surface area contributed by atoms with Crippen molar-refractivity contribution < 1.29 is 4.42 Å². The lowest BCUT2D eigenvalue weighted by Gasteiger charge is -2.17. The molecule has 0 aliphatic heterocycles. The Balaban J connectivity index is 1.31. The van der Waals surface area contributed by atoms with Crippen LogP contribution in [-0.2, 0) is 0 Å². The number of benzene rings is 7. The van der Waals surface area contributed by atoms with Crippen LogP contribution < -0.4 is 0 Å². The highest BCUT2D eigenvalue weighted by atomic mass is 16.3. The number of fused-ring (bicyclic) bond motifs is 9. The molecule has 0 spiro atoms. The molecule has 7 aromatic carbocycles. The van der Waals surface area contributed by atoms with Crippen molar-refractivity contribution >= 4 is 71.2 Å². The summed E-state index contributed by atoms with van der Waals surface area (Å²) in [6.45, 7) is 8.27. The van der Waals surface area contributed by atoms with Crippen LogP contribution in [0.15, 0.2) is 138 Å². The van der Waals surface area contributed by atoms with Crippen LogP contribution in [0.4, 0.5) is 5.69 Å². The molecule has 7 heteroatoms. The van der Waals surface area contributed by atoms with Crippen molar-refractivity contribution in [1.29, 1.82) is 15.8 Å². The number of para-hydroxylation sites is 4. The van der Waals surface area contributed by atoms with Crippen LogP contribution in [-0.4, -0.2) is 9.13 Å². The summed E-state index contributed by atoms with van der Waals surface area (Å²) >= 11 is 0. The molecule has 3 aromatic heterocycles. The quantitative estimate of drug-likeness (QED) is 0.174. The summed E-state index contributed by atoms with van der Waals surface area (Å²) in [4.78, 5) is 3.86. The molecule has 0 aliphatic rings. The van der Waals surface area contributed by atoms with Crippen molar-refractivity contribution in [1.82, 2.24) is 9.13 Å². The maximum Gasteiger partial charge on any atom is 0.212 e. The number of furan rings is 1. The molecule has 242 valence electrons. The minimum atomic E-state index is 0.111. The van der Waals surface area contributed by atoms with E-state index in [9.17, 15) is 15.8 Å². The fraction of sp³-hybridized carbons (Fsp3) is 0. The fourth-order valence-corrected chi connectivity index (χ4v) is 8.00. The molecule has 0 atom stereocenters. The first-order valence-electron chi connectivity index (χ1n) is 16.9. The minimum Gasteiger partial charge on any atom is -0.456 e. The highest BCUT2D eigenvalue weighted by Crippen LogP contribution is 2.44. The Morgan fingerprint density at radius 3 is 1.60 bits per heavy atom. The van der Waals surface area contributed by atoms with Crippen molar-refractivity contribution in [2.24, 2.45) is 0 Å². The van der Waals surface area contributed by atoms with Crippen LogP contribution in [0.3, 0.4) is 0 Å². The van der Waals surface area contributed by atoms with Gasteiger partial charge in [-0.05, 0) is 71.8 Å². The average Bonchev–Trinajstić information content (AvgIpc) is 3.86. The first-order valence-corrected chi connectivity index (χ1v) is 16.9. The van der Waals surface area contributed by atoms with E-state index >= 15 is 0 Å². The first-order chi connectivity index (χ1) is 26.1. The normalized spacial score (nSPS) is 11.3. The van der Waals surface area contributed by atoms with E-state index in [-0.39, 0.29) is 22.4 Å². The number of aromatic nitrogens is 2. The number of nitrogens with zero attached hydrogens (tertiary/aromatic N) is 6. The fourth-order valence-electron chi connectivity index (χ4n) is 8.00. The summed E-state index contributed by atoms with van der Waals surface area (Å²) in [5.74, 6) is 0. The Morgan fingerprint density at radius 1 is 0.472 bits per heavy atom. The summed E-state index contributed by atoms with van der Waals surface area (Å²) < 4.78 is 10.4. The predicted molar refractivity (Wildman–Crippen MR) is 208 cm³/mol. The predicted octanol–water partition coefficient (Wildman–Crippen LogP) is 11.6. The molecule has 0 fully saturated rings. The second-order valence-corrected chi connectivity index (χ2v) is 12.9. The Hall–Kier alpha value is -8.10. The van der Waals surface area contributed by atoms with Crippen LogP contribution in [0.5, 0.6) is 0 Å². The van der Waals surface area contributed by atoms with Crippen molar-refractivity contribution in [3.8, 4) is 40.7 Å². The van der Waals surface area contributed by atoms with Gasteiger partial charge >= 0.3 is 0 Å². The summed E-state index contributed by atoms with van der Waals surface area (Å²) in [7, 11) is 0. The third-order valence-corrected chi connectivity index (χ3v) is 10.2. The highest BCUT2D eigenvalue weighted by Gasteiger charge is 2.23. The number of nitriles is 3. The molecule has 0 unspecified atom stereocenters. The van der Waals surface area contributed by atoms with Gasteiger partial charge in [-0.25, -0.2) is 4.85 Å². The van der Waals surface area contributed by atoms with E-state index in [1.807, 2.05) is 91.0 Å². The molecule has 10 rings (SSSR count). The van der Waals surface area contributed by atoms with Crippen molar-refractivity contribution in [3.63, 3.8) is 0 Å². The van der Waals surface area contributed by atoms with Crippen LogP contribution in [0.2, 0.25) is 0 Å². The zero-order valence-corrected chi connectivity index (χ0v) is 27.8. The molecule has 10 aromatic rings. The van der Waals surface area contributed by atoms with Gasteiger partial charge in [-0.15, -0.1) is 0 Å². The van der Waals surface area contributed by atoms with Crippen LogP contribution in [0.1, 0.15) is 16.7 Å². The van der Waals surface area contributed by atoms with E-state index in [1.54, 1.807) is 12.1 Å². The van der Waals surface area contributed by atoms with Crippen LogP contribution >= 0.6 is 0 Å². The number of hydrogen-bond donors (Lipinski definition) is 0. The van der Waals surface area contributed by atoms with Gasteiger partial charge in [0.25, 0.3) is 0 Å². The zero-order chi connectivity index (χ0) is 35.8. The molecule has 0 saturated carbocycles. The Kier molecular flexibility index (Phi) is 6.30. The van der Waals surface area contributed by atoms with E-state index < -0.39 is 0 Å². The molecule has 0 amide bonds. The molecule has 7 nitrogen and oxygen atoms in total. The zero-order valence-electron chi connectivity index (χ0n) is 27.8. The third-order valence-electron chi connectivity index (χ3n) is 10.2. The van der Waals surface area contributed by atoms with Gasteiger partial charge in [0, 0.05) is 43.7 Å². The van der Waals surface area contributed by atoms with Crippen LogP contribution in [0.25, 0.3) is 92.9 Å². The van der Waals surface area contributed by atoms with E-state index in [0.717, 1.165) is 65.6 Å². The van der Waals surface area contributed by atoms with Crippen LogP contribution in [0, 0.1) is 40.6 Å². The monoisotopic (exact) mass is 674 g/mol. The first kappa shape index (κ1) is 29.8. The van der Waals surface area contributed by atoms with E-state index in [2.05, 4.69) is 62.5 Å². The van der Waals surface area contributed by atoms with Crippen molar-refractivity contribution in [2.45, 2.75) is 0 Å². The molecule has 0 N–H and O–H groups in total. The molecular weight excluding hydrogens is 653 g/mol. The summed E-state index contributed by atoms with van der Waals surface area (Å²) in [5, 5.41) is 37.6. The van der Waals surface area contributed by atoms with E-state index in [1.165, 1.54) is 0 Å². The van der Waals surface area contributed by atoms with Gasteiger partial charge in [0.15, 0.2) is 0 Å². The van der Waals surface area contributed by atoms with Gasteiger partial charge in [0.1, 0.15) is 23.3 Å². The molecule has 53 heavy (non-hydrogen) atoms. The number of hydrogen-bond acceptors (Lipinski definition) is 4. The van der Waals surface area contributed by atoms with Gasteiger partial charge < -0.3 is 13.6 Å². The maximum atomic E-state index is 10.6. The summed E-state index contributed by atoms with van der Waals surface area (Å²) in [6.07, 6.45) is 0. The number of rotatable bonds is 3. The molecule has 0 radical (unpaired) electrons. The second kappa shape index (κ2) is 11.2. The standard InChI is InChI=1S/C46H22N6O/c1-50-46-28(25-48)19-30(52-42-16-8-4-12-33(42)36-23-45-37(22-43(36)52)34-13-5-9-17-44(34)53-45)21-38(46)35-20-29(18-27(24-47)39(35)26-49)51-40-14-6-2-10-31(40)32-11-3-7-15-41(32)51/h2-23H. The van der Waals surface area contributed by atoms with Gasteiger partial charge in [0.05, 0.1) is 51.4 Å². The van der Waals surface area contributed by atoms with Gasteiger partial charge in [-0.2, -0.15) is 15.8 Å². The maximum absolute atomic E-state index is 10.6. The smallest absolute Gasteiger partial charge is 0.212 e. The highest BCUT2D eigenvalue weighted by molar-refractivity contribution is 6.17. The summed E-state index contributed by atoms with van der Waals surface area (Å²) in [6, 6.07) is 50.2. The van der Waals surface area contributed by atoms with Gasteiger partial charge in [-0.3, -0.25) is 0 Å². The lowest BCUT2D eigenvalue weighted by Crippen LogP contribution is -2.01. The topological polar surface area (TPSA) is 98.7 Å². The third kappa shape index (κ3) is 4.17. The van der Waals surface area contributed by atoms with Gasteiger partial charge in [-0.1, -0.05) is 72.8 Å². The van der Waals surface area contributed by atoms with E-state index in [4.69, 9.17) is 11.0 Å².